The molecule has 1 aromatic rings. The Hall–Kier alpha value is -1.75. The molecule has 0 bridgehead atoms. The number of nitrogens with one attached hydrogen (secondary N) is 1. The van der Waals surface area contributed by atoms with Crippen LogP contribution in [0.5, 0.6) is 0 Å². The van der Waals surface area contributed by atoms with Gasteiger partial charge in [0.2, 0.25) is 5.91 Å². The zero-order chi connectivity index (χ0) is 15.6. The molecule has 5 heteroatoms. The molecule has 0 spiro atoms. The van der Waals surface area contributed by atoms with Crippen molar-refractivity contribution >= 4 is 29.3 Å². The van der Waals surface area contributed by atoms with Crippen LogP contribution in [0.3, 0.4) is 0 Å². The standard InChI is InChI=1S/C16H20N2O2S/c1-10(2)11(3)17-15(19)9-14-16(20)18(4)12-7-5-6-8-13(12)21-14/h5-11H,1-4H3,(H,17,19)/b14-9+. The number of benzene rings is 1. The zero-order valence-electron chi connectivity index (χ0n) is 12.7. The van der Waals surface area contributed by atoms with E-state index in [0.717, 1.165) is 10.6 Å². The molecule has 4 nitrogen and oxygen atoms in total. The van der Waals surface area contributed by atoms with Crippen LogP contribution < -0.4 is 10.2 Å². The average Bonchev–Trinajstić information content (AvgIpc) is 2.44. The molecular weight excluding hydrogens is 284 g/mol. The van der Waals surface area contributed by atoms with Crippen LogP contribution in [0.4, 0.5) is 5.69 Å². The molecule has 0 saturated carbocycles. The van der Waals surface area contributed by atoms with Gasteiger partial charge in [-0.15, -0.1) is 0 Å². The lowest BCUT2D eigenvalue weighted by atomic mass is 10.1. The number of likely N-dealkylation sites (N-methyl/N-ethyl adjacent to an activating group) is 1. The lowest BCUT2D eigenvalue weighted by Gasteiger charge is -2.26. The third kappa shape index (κ3) is 3.47. The summed E-state index contributed by atoms with van der Waals surface area (Å²) in [4.78, 5) is 27.3. The summed E-state index contributed by atoms with van der Waals surface area (Å²) in [5.74, 6) is -0.0173. The molecule has 0 radical (unpaired) electrons. The molecule has 1 unspecified atom stereocenters. The Morgan fingerprint density at radius 1 is 1.29 bits per heavy atom. The summed E-state index contributed by atoms with van der Waals surface area (Å²) in [5.41, 5.74) is 0.876. The minimum absolute atomic E-state index is 0.0723. The Morgan fingerprint density at radius 2 is 1.95 bits per heavy atom. The number of rotatable bonds is 3. The van der Waals surface area contributed by atoms with E-state index in [1.54, 1.807) is 11.9 Å². The van der Waals surface area contributed by atoms with Crippen LogP contribution in [0.25, 0.3) is 0 Å². The molecule has 0 fully saturated rings. The SMILES string of the molecule is CC(C)C(C)NC(=O)/C=C1/Sc2ccccc2N(C)C1=O. The number of anilines is 1. The van der Waals surface area contributed by atoms with Crippen LogP contribution in [0.1, 0.15) is 20.8 Å². The lowest BCUT2D eigenvalue weighted by Crippen LogP contribution is -2.36. The molecule has 0 saturated heterocycles. The first-order chi connectivity index (χ1) is 9.90. The van der Waals surface area contributed by atoms with Crippen LogP contribution in [-0.4, -0.2) is 24.9 Å². The van der Waals surface area contributed by atoms with Gasteiger partial charge in [-0.3, -0.25) is 9.59 Å². The molecule has 1 aliphatic rings. The van der Waals surface area contributed by atoms with Crippen molar-refractivity contribution in [2.45, 2.75) is 31.7 Å². The number of fused-ring (bicyclic) bond motifs is 1. The summed E-state index contributed by atoms with van der Waals surface area (Å²) >= 11 is 1.34. The first kappa shape index (κ1) is 15.6. The van der Waals surface area contributed by atoms with Gasteiger partial charge in [0.15, 0.2) is 0 Å². The number of hydrogen-bond acceptors (Lipinski definition) is 3. The van der Waals surface area contributed by atoms with E-state index in [-0.39, 0.29) is 17.9 Å². The third-order valence-electron chi connectivity index (χ3n) is 3.59. The number of nitrogens with zero attached hydrogens (tertiary/aromatic N) is 1. The molecule has 1 aliphatic heterocycles. The van der Waals surface area contributed by atoms with Gasteiger partial charge < -0.3 is 10.2 Å². The van der Waals surface area contributed by atoms with Crippen LogP contribution in [-0.2, 0) is 9.59 Å². The molecule has 2 rings (SSSR count). The molecule has 0 aliphatic carbocycles. The molecule has 112 valence electrons. The number of carbonyl (C=O) groups excluding carboxylic acids is 2. The molecule has 21 heavy (non-hydrogen) atoms. The third-order valence-corrected chi connectivity index (χ3v) is 4.67. The normalized spacial score (nSPS) is 17.9. The molecule has 1 aromatic carbocycles. The van der Waals surface area contributed by atoms with Gasteiger partial charge in [-0.1, -0.05) is 37.7 Å². The van der Waals surface area contributed by atoms with Crippen molar-refractivity contribution < 1.29 is 9.59 Å². The van der Waals surface area contributed by atoms with Crippen LogP contribution in [0.15, 0.2) is 40.1 Å². The highest BCUT2D eigenvalue weighted by atomic mass is 32.2. The fourth-order valence-corrected chi connectivity index (χ4v) is 2.98. The smallest absolute Gasteiger partial charge is 0.265 e. The van der Waals surface area contributed by atoms with Crippen LogP contribution >= 0.6 is 11.8 Å². The van der Waals surface area contributed by atoms with Crippen LogP contribution in [0, 0.1) is 5.92 Å². The maximum absolute atomic E-state index is 12.3. The minimum atomic E-state index is -0.222. The summed E-state index contributed by atoms with van der Waals surface area (Å²) in [7, 11) is 1.73. The number of carbonyl (C=O) groups is 2. The number of thioether (sulfide) groups is 1. The Morgan fingerprint density at radius 3 is 2.62 bits per heavy atom. The Balaban J connectivity index is 2.20. The monoisotopic (exact) mass is 304 g/mol. The van der Waals surface area contributed by atoms with E-state index in [4.69, 9.17) is 0 Å². The Labute approximate surface area is 129 Å². The quantitative estimate of drug-likeness (QED) is 0.874. The summed E-state index contributed by atoms with van der Waals surface area (Å²) in [5, 5.41) is 2.89. The van der Waals surface area contributed by atoms with E-state index < -0.39 is 0 Å². The Bertz CT molecular complexity index is 596. The van der Waals surface area contributed by atoms with Crippen molar-refractivity contribution in [3.05, 3.63) is 35.2 Å². The maximum atomic E-state index is 12.3. The predicted octanol–water partition coefficient (Wildman–Crippen LogP) is 2.80. The summed E-state index contributed by atoms with van der Waals surface area (Å²) in [6, 6.07) is 7.75. The van der Waals surface area contributed by atoms with Crippen molar-refractivity contribution in [1.82, 2.24) is 5.32 Å². The van der Waals surface area contributed by atoms with Crippen molar-refractivity contribution in [1.29, 1.82) is 0 Å². The van der Waals surface area contributed by atoms with Crippen molar-refractivity contribution in [2.75, 3.05) is 11.9 Å². The highest BCUT2D eigenvalue weighted by Crippen LogP contribution is 2.40. The highest BCUT2D eigenvalue weighted by Gasteiger charge is 2.26. The number of hydrogen-bond donors (Lipinski definition) is 1. The molecule has 0 aromatic heterocycles. The largest absolute Gasteiger partial charge is 0.350 e. The lowest BCUT2D eigenvalue weighted by molar-refractivity contribution is -0.118. The van der Waals surface area contributed by atoms with Crippen molar-refractivity contribution in [3.8, 4) is 0 Å². The first-order valence-electron chi connectivity index (χ1n) is 6.97. The summed E-state index contributed by atoms with van der Waals surface area (Å²) in [6.45, 7) is 6.05. The fraction of sp³-hybridized carbons (Fsp3) is 0.375. The Kier molecular flexibility index (Phi) is 4.73. The molecule has 1 N–H and O–H groups in total. The molecule has 1 atom stereocenters. The van der Waals surface area contributed by atoms with E-state index in [0.29, 0.717) is 10.8 Å². The topological polar surface area (TPSA) is 49.4 Å². The second-order valence-corrected chi connectivity index (χ2v) is 6.57. The highest BCUT2D eigenvalue weighted by molar-refractivity contribution is 8.04. The second-order valence-electron chi connectivity index (χ2n) is 5.48. The van der Waals surface area contributed by atoms with E-state index in [1.165, 1.54) is 17.8 Å². The predicted molar refractivity (Wildman–Crippen MR) is 86.2 cm³/mol. The van der Waals surface area contributed by atoms with Crippen molar-refractivity contribution in [3.63, 3.8) is 0 Å². The van der Waals surface area contributed by atoms with Gasteiger partial charge in [-0.25, -0.2) is 0 Å². The van der Waals surface area contributed by atoms with Crippen LogP contribution in [0.2, 0.25) is 0 Å². The summed E-state index contributed by atoms with van der Waals surface area (Å²) in [6.07, 6.45) is 1.40. The molecule has 1 heterocycles. The molecule has 2 amide bonds. The van der Waals surface area contributed by atoms with Gasteiger partial charge >= 0.3 is 0 Å². The maximum Gasteiger partial charge on any atom is 0.265 e. The number of para-hydroxylation sites is 1. The van der Waals surface area contributed by atoms with Gasteiger partial charge in [0.05, 0.1) is 10.6 Å². The number of amides is 2. The second kappa shape index (κ2) is 6.35. The van der Waals surface area contributed by atoms with Gasteiger partial charge in [-0.05, 0) is 25.0 Å². The van der Waals surface area contributed by atoms with E-state index >= 15 is 0 Å². The van der Waals surface area contributed by atoms with Gasteiger partial charge in [0, 0.05) is 24.1 Å². The average molecular weight is 304 g/mol. The fourth-order valence-electron chi connectivity index (χ4n) is 1.90. The van der Waals surface area contributed by atoms with E-state index in [1.807, 2.05) is 45.0 Å². The minimum Gasteiger partial charge on any atom is -0.350 e. The van der Waals surface area contributed by atoms with E-state index in [9.17, 15) is 9.59 Å². The van der Waals surface area contributed by atoms with E-state index in [2.05, 4.69) is 5.32 Å². The summed E-state index contributed by atoms with van der Waals surface area (Å²) < 4.78 is 0. The zero-order valence-corrected chi connectivity index (χ0v) is 13.5. The van der Waals surface area contributed by atoms with Gasteiger partial charge in [0.1, 0.15) is 0 Å². The van der Waals surface area contributed by atoms with Gasteiger partial charge in [0.25, 0.3) is 5.91 Å². The molecular formula is C16H20N2O2S. The van der Waals surface area contributed by atoms with Gasteiger partial charge in [-0.2, -0.15) is 0 Å². The first-order valence-corrected chi connectivity index (χ1v) is 7.79. The van der Waals surface area contributed by atoms with Crippen molar-refractivity contribution in [2.24, 2.45) is 5.92 Å².